The molecular weight excluding hydrogens is 340 g/mol. The molecule has 2 rings (SSSR count). The van der Waals surface area contributed by atoms with Crippen molar-refractivity contribution in [2.24, 2.45) is 0 Å². The molecule has 0 spiro atoms. The van der Waals surface area contributed by atoms with Crippen molar-refractivity contribution >= 4 is 17.5 Å². The van der Waals surface area contributed by atoms with E-state index in [0.29, 0.717) is 23.1 Å². The van der Waals surface area contributed by atoms with Crippen molar-refractivity contribution in [3.05, 3.63) is 58.8 Å². The number of nitrogens with one attached hydrogen (secondary N) is 1. The number of rotatable bonds is 7. The number of carboxylic acid groups (broad SMARTS) is 1. The number of carbonyl (C=O) groups is 1. The highest BCUT2D eigenvalue weighted by atomic mass is 16.6. The minimum absolute atomic E-state index is 0.120. The van der Waals surface area contributed by atoms with E-state index in [1.165, 1.54) is 31.5 Å². The molecule has 1 atom stereocenters. The summed E-state index contributed by atoms with van der Waals surface area (Å²) in [4.78, 5) is 25.6. The van der Waals surface area contributed by atoms with Gasteiger partial charge >= 0.3 is 6.09 Å². The number of hydrogen-bond acceptors (Lipinski definition) is 6. The van der Waals surface area contributed by atoms with Crippen molar-refractivity contribution in [2.45, 2.75) is 12.5 Å². The van der Waals surface area contributed by atoms with E-state index in [0.717, 1.165) is 0 Å². The Labute approximate surface area is 149 Å². The molecule has 1 aromatic heterocycles. The summed E-state index contributed by atoms with van der Waals surface area (Å²) in [6.45, 7) is 3.63. The van der Waals surface area contributed by atoms with Crippen molar-refractivity contribution in [1.29, 1.82) is 0 Å². The van der Waals surface area contributed by atoms with Gasteiger partial charge in [-0.2, -0.15) is 0 Å². The highest BCUT2D eigenvalue weighted by Gasteiger charge is 2.20. The molecule has 0 saturated carbocycles. The van der Waals surface area contributed by atoms with Gasteiger partial charge in [-0.3, -0.25) is 10.1 Å². The van der Waals surface area contributed by atoms with Crippen LogP contribution in [0.1, 0.15) is 18.0 Å². The van der Waals surface area contributed by atoms with Gasteiger partial charge in [0.25, 0.3) is 5.69 Å². The Hall–Kier alpha value is -3.62. The second-order valence-electron chi connectivity index (χ2n) is 5.38. The van der Waals surface area contributed by atoms with E-state index in [4.69, 9.17) is 15.6 Å². The third-order valence-electron chi connectivity index (χ3n) is 3.70. The van der Waals surface area contributed by atoms with Crippen LogP contribution in [0.3, 0.4) is 0 Å². The normalized spacial score (nSPS) is 11.4. The van der Waals surface area contributed by atoms with Gasteiger partial charge in [0, 0.05) is 40.7 Å². The van der Waals surface area contributed by atoms with Gasteiger partial charge in [-0.05, 0) is 18.6 Å². The fourth-order valence-corrected chi connectivity index (χ4v) is 2.54. The van der Waals surface area contributed by atoms with Crippen molar-refractivity contribution in [3.63, 3.8) is 0 Å². The highest BCUT2D eigenvalue weighted by Crippen LogP contribution is 2.34. The summed E-state index contributed by atoms with van der Waals surface area (Å²) in [6, 6.07) is 5.19. The molecule has 0 bridgehead atoms. The van der Waals surface area contributed by atoms with E-state index in [-0.39, 0.29) is 17.3 Å². The maximum absolute atomic E-state index is 11.1. The smallest absolute Gasteiger partial charge is 0.405 e. The van der Waals surface area contributed by atoms with Gasteiger partial charge in [0.05, 0.1) is 18.1 Å². The Kier molecular flexibility index (Phi) is 5.74. The Bertz CT molecular complexity index is 853. The number of hydrogen-bond donors (Lipinski definition) is 3. The molecule has 0 fully saturated rings. The van der Waals surface area contributed by atoms with Crippen LogP contribution in [0.15, 0.2) is 43.1 Å². The Morgan fingerprint density at radius 3 is 2.81 bits per heavy atom. The summed E-state index contributed by atoms with van der Waals surface area (Å²) in [6.07, 6.45) is 2.21. The topological polar surface area (TPSA) is 141 Å². The molecule has 1 unspecified atom stereocenters. The van der Waals surface area contributed by atoms with Crippen molar-refractivity contribution in [1.82, 2.24) is 10.3 Å². The SMILES string of the molecule is C=CCC(NC(=O)O)c1cc(-c2ccc([N+](=O)[O-])cc2N)cnc1OC. The lowest BCUT2D eigenvalue weighted by atomic mass is 9.99. The lowest BCUT2D eigenvalue weighted by molar-refractivity contribution is -0.384. The molecule has 1 aromatic carbocycles. The maximum Gasteiger partial charge on any atom is 0.405 e. The van der Waals surface area contributed by atoms with Gasteiger partial charge in [0.1, 0.15) is 0 Å². The molecule has 4 N–H and O–H groups in total. The molecule has 136 valence electrons. The molecule has 9 nitrogen and oxygen atoms in total. The van der Waals surface area contributed by atoms with Crippen molar-refractivity contribution in [3.8, 4) is 17.0 Å². The van der Waals surface area contributed by atoms with Crippen LogP contribution in [0, 0.1) is 10.1 Å². The largest absolute Gasteiger partial charge is 0.481 e. The summed E-state index contributed by atoms with van der Waals surface area (Å²) < 4.78 is 5.23. The third kappa shape index (κ3) is 4.07. The van der Waals surface area contributed by atoms with Crippen LogP contribution in [0.5, 0.6) is 5.88 Å². The number of nitrogen functional groups attached to an aromatic ring is 1. The van der Waals surface area contributed by atoms with Gasteiger partial charge in [-0.15, -0.1) is 6.58 Å². The molecule has 1 heterocycles. The first kappa shape index (κ1) is 18.7. The lowest BCUT2D eigenvalue weighted by Crippen LogP contribution is -2.27. The number of aromatic nitrogens is 1. The number of amides is 1. The van der Waals surface area contributed by atoms with Gasteiger partial charge < -0.3 is 20.9 Å². The van der Waals surface area contributed by atoms with Crippen LogP contribution in [0.4, 0.5) is 16.2 Å². The van der Waals surface area contributed by atoms with Crippen LogP contribution in [0.25, 0.3) is 11.1 Å². The minimum atomic E-state index is -1.20. The zero-order chi connectivity index (χ0) is 19.3. The number of nitro benzene ring substituents is 1. The predicted molar refractivity (Wildman–Crippen MR) is 96.0 cm³/mol. The molecular formula is C17H18N4O5. The Morgan fingerprint density at radius 1 is 1.54 bits per heavy atom. The van der Waals surface area contributed by atoms with Crippen LogP contribution < -0.4 is 15.8 Å². The zero-order valence-corrected chi connectivity index (χ0v) is 14.0. The second kappa shape index (κ2) is 7.97. The van der Waals surface area contributed by atoms with Crippen LogP contribution in [-0.2, 0) is 0 Å². The summed E-state index contributed by atoms with van der Waals surface area (Å²) in [7, 11) is 1.43. The first-order chi connectivity index (χ1) is 12.4. The van der Waals surface area contributed by atoms with Crippen LogP contribution in [0.2, 0.25) is 0 Å². The number of non-ortho nitro benzene ring substituents is 1. The summed E-state index contributed by atoms with van der Waals surface area (Å²) >= 11 is 0. The molecule has 0 aliphatic heterocycles. The molecule has 0 radical (unpaired) electrons. The Morgan fingerprint density at radius 2 is 2.27 bits per heavy atom. The number of nitro groups is 1. The highest BCUT2D eigenvalue weighted by molar-refractivity contribution is 5.78. The average Bonchev–Trinajstić information content (AvgIpc) is 2.60. The van der Waals surface area contributed by atoms with Gasteiger partial charge in [-0.1, -0.05) is 6.08 Å². The van der Waals surface area contributed by atoms with E-state index < -0.39 is 17.1 Å². The number of ether oxygens (including phenoxy) is 1. The van der Waals surface area contributed by atoms with Gasteiger partial charge in [0.15, 0.2) is 0 Å². The van der Waals surface area contributed by atoms with Crippen molar-refractivity contribution < 1.29 is 19.6 Å². The molecule has 1 amide bonds. The van der Waals surface area contributed by atoms with Gasteiger partial charge in [-0.25, -0.2) is 9.78 Å². The molecule has 9 heteroatoms. The van der Waals surface area contributed by atoms with Crippen LogP contribution in [-0.4, -0.2) is 28.2 Å². The first-order valence-corrected chi connectivity index (χ1v) is 7.56. The Balaban J connectivity index is 2.53. The molecule has 26 heavy (non-hydrogen) atoms. The van der Waals surface area contributed by atoms with E-state index in [2.05, 4.69) is 16.9 Å². The molecule has 0 aliphatic carbocycles. The monoisotopic (exact) mass is 358 g/mol. The second-order valence-corrected chi connectivity index (χ2v) is 5.38. The zero-order valence-electron chi connectivity index (χ0n) is 14.0. The third-order valence-corrected chi connectivity index (χ3v) is 3.70. The molecule has 2 aromatic rings. The van der Waals surface area contributed by atoms with E-state index in [1.54, 1.807) is 12.1 Å². The lowest BCUT2D eigenvalue weighted by Gasteiger charge is -2.19. The summed E-state index contributed by atoms with van der Waals surface area (Å²) in [5.41, 5.74) is 7.65. The number of methoxy groups -OCH3 is 1. The quantitative estimate of drug-likeness (QED) is 0.299. The molecule has 0 saturated heterocycles. The summed E-state index contributed by atoms with van der Waals surface area (Å²) in [5, 5.41) is 22.3. The fraction of sp³-hybridized carbons (Fsp3) is 0.176. The minimum Gasteiger partial charge on any atom is -0.481 e. The number of nitrogens with two attached hydrogens (primary N) is 1. The fourth-order valence-electron chi connectivity index (χ4n) is 2.54. The van der Waals surface area contributed by atoms with E-state index in [9.17, 15) is 14.9 Å². The number of nitrogens with zero attached hydrogens (tertiary/aromatic N) is 2. The van der Waals surface area contributed by atoms with Crippen molar-refractivity contribution in [2.75, 3.05) is 12.8 Å². The maximum atomic E-state index is 11.1. The first-order valence-electron chi connectivity index (χ1n) is 7.56. The predicted octanol–water partition coefficient (Wildman–Crippen LogP) is 3.13. The average molecular weight is 358 g/mol. The number of anilines is 1. The van der Waals surface area contributed by atoms with Crippen LogP contribution >= 0.6 is 0 Å². The van der Waals surface area contributed by atoms with E-state index >= 15 is 0 Å². The molecule has 0 aliphatic rings. The summed E-state index contributed by atoms with van der Waals surface area (Å²) in [5.74, 6) is 0.259. The standard InChI is InChI=1S/C17H18N4O5/c1-3-4-15(20-17(22)23)13-7-10(9-19-16(13)26-2)12-6-5-11(21(24)25)8-14(12)18/h3,5-9,15,20H,1,4,18H2,2H3,(H,22,23). The number of pyridine rings is 1. The number of benzene rings is 1. The van der Waals surface area contributed by atoms with Gasteiger partial charge in [0.2, 0.25) is 5.88 Å². The van der Waals surface area contributed by atoms with E-state index in [1.807, 2.05) is 0 Å².